The van der Waals surface area contributed by atoms with E-state index in [4.69, 9.17) is 0 Å². The normalized spacial score (nSPS) is 12.1. The third-order valence-electron chi connectivity index (χ3n) is 6.92. The number of rotatable bonds is 12. The van der Waals surface area contributed by atoms with Gasteiger partial charge in [0.25, 0.3) is 10.0 Å². The largest absolute Gasteiger partial charge is 0.354 e. The minimum Gasteiger partial charge on any atom is -0.354 e. The van der Waals surface area contributed by atoms with Gasteiger partial charge in [0.05, 0.1) is 10.6 Å². The first kappa shape index (κ1) is 30.9. The second-order valence-corrected chi connectivity index (χ2v) is 12.2. The molecule has 40 heavy (non-hydrogen) atoms. The van der Waals surface area contributed by atoms with Crippen molar-refractivity contribution in [2.24, 2.45) is 0 Å². The van der Waals surface area contributed by atoms with Crippen LogP contribution >= 0.6 is 0 Å². The summed E-state index contributed by atoms with van der Waals surface area (Å²) in [6.45, 7) is 11.7. The summed E-state index contributed by atoms with van der Waals surface area (Å²) >= 11 is 0. The number of sulfonamides is 1. The van der Waals surface area contributed by atoms with E-state index in [9.17, 15) is 18.0 Å². The number of carbonyl (C=O) groups excluding carboxylic acids is 2. The SMILES string of the molecule is CCCNC(=O)[C@H](CC)N(Cc1ccccc1C)C(=O)CN(c1cc(C)cc(C)c1)S(=O)(=O)c1ccc(C)cc1. The number of anilines is 1. The zero-order valence-corrected chi connectivity index (χ0v) is 25.2. The van der Waals surface area contributed by atoms with Gasteiger partial charge in [-0.25, -0.2) is 8.42 Å². The molecule has 0 spiro atoms. The number of carbonyl (C=O) groups is 2. The first-order chi connectivity index (χ1) is 19.0. The minimum absolute atomic E-state index is 0.100. The Labute approximate surface area is 239 Å². The molecule has 8 heteroatoms. The van der Waals surface area contributed by atoms with Gasteiger partial charge in [0, 0.05) is 13.1 Å². The molecule has 0 fully saturated rings. The maximum Gasteiger partial charge on any atom is 0.264 e. The van der Waals surface area contributed by atoms with E-state index < -0.39 is 28.5 Å². The Balaban J connectivity index is 2.10. The molecule has 0 heterocycles. The number of nitrogens with one attached hydrogen (secondary N) is 1. The summed E-state index contributed by atoms with van der Waals surface area (Å²) in [5.74, 6) is -0.692. The van der Waals surface area contributed by atoms with Crippen LogP contribution in [0.2, 0.25) is 0 Å². The number of hydrogen-bond acceptors (Lipinski definition) is 4. The molecule has 0 aliphatic rings. The highest BCUT2D eigenvalue weighted by Crippen LogP contribution is 2.27. The molecular formula is C32H41N3O4S. The maximum absolute atomic E-state index is 14.2. The third kappa shape index (κ3) is 7.50. The predicted octanol–water partition coefficient (Wildman–Crippen LogP) is 5.45. The fourth-order valence-corrected chi connectivity index (χ4v) is 6.12. The van der Waals surface area contributed by atoms with Crippen molar-refractivity contribution in [2.75, 3.05) is 17.4 Å². The summed E-state index contributed by atoms with van der Waals surface area (Å²) in [7, 11) is -4.10. The molecule has 1 N–H and O–H groups in total. The zero-order chi connectivity index (χ0) is 29.4. The lowest BCUT2D eigenvalue weighted by Gasteiger charge is -2.33. The molecule has 0 saturated carbocycles. The highest BCUT2D eigenvalue weighted by atomic mass is 32.2. The minimum atomic E-state index is -4.10. The van der Waals surface area contributed by atoms with Crippen LogP contribution < -0.4 is 9.62 Å². The third-order valence-corrected chi connectivity index (χ3v) is 8.71. The highest BCUT2D eigenvalue weighted by molar-refractivity contribution is 7.92. The molecule has 0 saturated heterocycles. The van der Waals surface area contributed by atoms with Gasteiger partial charge in [-0.3, -0.25) is 13.9 Å². The molecule has 3 aromatic rings. The first-order valence-corrected chi connectivity index (χ1v) is 15.2. The van der Waals surface area contributed by atoms with Gasteiger partial charge in [-0.1, -0.05) is 61.9 Å². The molecule has 7 nitrogen and oxygen atoms in total. The van der Waals surface area contributed by atoms with Gasteiger partial charge in [-0.2, -0.15) is 0 Å². The molecule has 214 valence electrons. The van der Waals surface area contributed by atoms with Crippen molar-refractivity contribution in [1.29, 1.82) is 0 Å². The van der Waals surface area contributed by atoms with Crippen LogP contribution in [0.25, 0.3) is 0 Å². The summed E-state index contributed by atoms with van der Waals surface area (Å²) < 4.78 is 29.2. The molecule has 0 aromatic heterocycles. The molecule has 0 radical (unpaired) electrons. The van der Waals surface area contributed by atoms with Crippen LogP contribution in [0.5, 0.6) is 0 Å². The maximum atomic E-state index is 14.2. The average molecular weight is 564 g/mol. The number of aryl methyl sites for hydroxylation is 4. The van der Waals surface area contributed by atoms with Crippen LogP contribution in [0.1, 0.15) is 54.5 Å². The Morgan fingerprint density at radius 1 is 0.850 bits per heavy atom. The van der Waals surface area contributed by atoms with Gasteiger partial charge in [0.15, 0.2) is 0 Å². The lowest BCUT2D eigenvalue weighted by atomic mass is 10.1. The summed E-state index contributed by atoms with van der Waals surface area (Å²) in [5, 5.41) is 2.92. The number of benzene rings is 3. The molecule has 0 aliphatic carbocycles. The molecule has 0 aliphatic heterocycles. The lowest BCUT2D eigenvalue weighted by Crippen LogP contribution is -2.52. The number of nitrogens with zero attached hydrogens (tertiary/aromatic N) is 2. The van der Waals surface area contributed by atoms with E-state index in [1.807, 2.05) is 71.9 Å². The Hall–Kier alpha value is -3.65. The zero-order valence-electron chi connectivity index (χ0n) is 24.4. The van der Waals surface area contributed by atoms with Crippen LogP contribution in [0, 0.1) is 27.7 Å². The van der Waals surface area contributed by atoms with Crippen LogP contribution in [0.4, 0.5) is 5.69 Å². The van der Waals surface area contributed by atoms with E-state index in [1.165, 1.54) is 9.21 Å². The Kier molecular flexibility index (Phi) is 10.5. The van der Waals surface area contributed by atoms with E-state index in [-0.39, 0.29) is 17.3 Å². The van der Waals surface area contributed by atoms with Crippen LogP contribution in [0.3, 0.4) is 0 Å². The highest BCUT2D eigenvalue weighted by Gasteiger charge is 2.34. The van der Waals surface area contributed by atoms with E-state index in [2.05, 4.69) is 5.32 Å². The van der Waals surface area contributed by atoms with E-state index in [0.29, 0.717) is 18.7 Å². The van der Waals surface area contributed by atoms with Crippen molar-refractivity contribution in [1.82, 2.24) is 10.2 Å². The van der Waals surface area contributed by atoms with Gasteiger partial charge >= 0.3 is 0 Å². The smallest absolute Gasteiger partial charge is 0.264 e. The average Bonchev–Trinajstić information content (AvgIpc) is 2.90. The van der Waals surface area contributed by atoms with Gasteiger partial charge in [-0.05, 0) is 87.1 Å². The quantitative estimate of drug-likeness (QED) is 0.318. The van der Waals surface area contributed by atoms with Crippen LogP contribution in [-0.4, -0.2) is 44.3 Å². The van der Waals surface area contributed by atoms with Gasteiger partial charge in [0.2, 0.25) is 11.8 Å². The topological polar surface area (TPSA) is 86.8 Å². The van der Waals surface area contributed by atoms with Gasteiger partial charge in [0.1, 0.15) is 12.6 Å². The standard InChI is InChI=1S/C32H41N3O4S/c1-7-17-33-32(37)30(8-2)34(21-27-12-10-9-11-26(27)6)31(36)22-35(28-19-24(4)18-25(5)20-28)40(38,39)29-15-13-23(3)14-16-29/h9-16,18-20,30H,7-8,17,21-22H2,1-6H3,(H,33,37)/t30-/m0/s1. The Bertz CT molecular complexity index is 1410. The van der Waals surface area contributed by atoms with E-state index in [1.54, 1.807) is 36.4 Å². The first-order valence-electron chi connectivity index (χ1n) is 13.8. The molecule has 3 rings (SSSR count). The molecule has 3 aromatic carbocycles. The summed E-state index contributed by atoms with van der Waals surface area (Å²) in [5.41, 5.74) is 4.99. The molecule has 0 unspecified atom stereocenters. The summed E-state index contributed by atoms with van der Waals surface area (Å²) in [6, 6.07) is 19.0. The van der Waals surface area contributed by atoms with Crippen LogP contribution in [0.15, 0.2) is 71.6 Å². The summed E-state index contributed by atoms with van der Waals surface area (Å²) in [4.78, 5) is 29.0. The van der Waals surface area contributed by atoms with Crippen molar-refractivity contribution in [3.8, 4) is 0 Å². The van der Waals surface area contributed by atoms with Crippen molar-refractivity contribution in [3.63, 3.8) is 0 Å². The van der Waals surface area contributed by atoms with Crippen molar-refractivity contribution >= 4 is 27.5 Å². The lowest BCUT2D eigenvalue weighted by molar-refractivity contribution is -0.140. The van der Waals surface area contributed by atoms with Crippen LogP contribution in [-0.2, 0) is 26.2 Å². The Morgan fingerprint density at radius 2 is 1.48 bits per heavy atom. The second-order valence-electron chi connectivity index (χ2n) is 10.3. The number of hydrogen-bond donors (Lipinski definition) is 1. The monoisotopic (exact) mass is 563 g/mol. The van der Waals surface area contributed by atoms with Gasteiger partial charge in [-0.15, -0.1) is 0 Å². The van der Waals surface area contributed by atoms with E-state index in [0.717, 1.165) is 34.2 Å². The van der Waals surface area contributed by atoms with Crippen molar-refractivity contribution in [3.05, 3.63) is 94.5 Å². The number of amides is 2. The Morgan fingerprint density at radius 3 is 2.05 bits per heavy atom. The van der Waals surface area contributed by atoms with E-state index >= 15 is 0 Å². The molecular weight excluding hydrogens is 522 g/mol. The predicted molar refractivity (Wildman–Crippen MR) is 161 cm³/mol. The summed E-state index contributed by atoms with van der Waals surface area (Å²) in [6.07, 6.45) is 1.16. The molecule has 2 amide bonds. The fourth-order valence-electron chi connectivity index (χ4n) is 4.72. The molecule has 1 atom stereocenters. The second kappa shape index (κ2) is 13.6. The molecule has 0 bridgehead atoms. The van der Waals surface area contributed by atoms with Crippen molar-refractivity contribution in [2.45, 2.75) is 71.9 Å². The van der Waals surface area contributed by atoms with Gasteiger partial charge < -0.3 is 10.2 Å². The fraction of sp³-hybridized carbons (Fsp3) is 0.375. The van der Waals surface area contributed by atoms with Crippen molar-refractivity contribution < 1.29 is 18.0 Å².